The molecular weight excluding hydrogens is 334 g/mol. The quantitative estimate of drug-likeness (QED) is 0.561. The van der Waals surface area contributed by atoms with E-state index in [4.69, 9.17) is 0 Å². The van der Waals surface area contributed by atoms with Gasteiger partial charge in [-0.2, -0.15) is 0 Å². The molecule has 0 fully saturated rings. The van der Waals surface area contributed by atoms with Gasteiger partial charge in [0.1, 0.15) is 5.82 Å². The lowest BCUT2D eigenvalue weighted by Gasteiger charge is -2.02. The standard InChI is InChI=1S/C18H17N5OS/c24-17(11-13-12-25-18(20-13)23-9-3-4-10-23)19-8-7-16-21-14-5-1-2-6-15(14)22-16/h1-6,9-10,12H,7-8,11H2,(H,19,24)(H,21,22). The van der Waals surface area contributed by atoms with Crippen LogP contribution >= 0.6 is 11.3 Å². The third-order valence-corrected chi connectivity index (χ3v) is 4.73. The number of fused-ring (bicyclic) bond motifs is 1. The molecule has 1 amide bonds. The van der Waals surface area contributed by atoms with Crippen LogP contribution in [0.5, 0.6) is 0 Å². The molecule has 126 valence electrons. The number of nitrogens with one attached hydrogen (secondary N) is 2. The summed E-state index contributed by atoms with van der Waals surface area (Å²) in [7, 11) is 0. The molecule has 0 saturated heterocycles. The van der Waals surface area contributed by atoms with Crippen molar-refractivity contribution < 1.29 is 4.79 Å². The van der Waals surface area contributed by atoms with Gasteiger partial charge in [0.15, 0.2) is 5.13 Å². The highest BCUT2D eigenvalue weighted by Gasteiger charge is 2.09. The number of rotatable bonds is 6. The molecule has 0 spiro atoms. The lowest BCUT2D eigenvalue weighted by atomic mass is 10.3. The number of hydrogen-bond acceptors (Lipinski definition) is 4. The summed E-state index contributed by atoms with van der Waals surface area (Å²) in [6.07, 6.45) is 4.84. The van der Waals surface area contributed by atoms with E-state index in [1.165, 1.54) is 11.3 Å². The Labute approximate surface area is 148 Å². The summed E-state index contributed by atoms with van der Waals surface area (Å²) in [6.45, 7) is 0.549. The fourth-order valence-corrected chi connectivity index (χ4v) is 3.42. The summed E-state index contributed by atoms with van der Waals surface area (Å²) in [5.74, 6) is 0.852. The minimum Gasteiger partial charge on any atom is -0.355 e. The Morgan fingerprint density at radius 3 is 2.84 bits per heavy atom. The zero-order chi connectivity index (χ0) is 17.1. The van der Waals surface area contributed by atoms with Crippen molar-refractivity contribution in [1.29, 1.82) is 0 Å². The lowest BCUT2D eigenvalue weighted by Crippen LogP contribution is -2.27. The van der Waals surface area contributed by atoms with Crippen molar-refractivity contribution in [2.45, 2.75) is 12.8 Å². The highest BCUT2D eigenvalue weighted by atomic mass is 32.1. The molecule has 0 saturated carbocycles. The zero-order valence-electron chi connectivity index (χ0n) is 13.5. The van der Waals surface area contributed by atoms with Crippen LogP contribution in [0.1, 0.15) is 11.5 Å². The number of imidazole rings is 1. The van der Waals surface area contributed by atoms with Gasteiger partial charge in [-0.05, 0) is 24.3 Å². The van der Waals surface area contributed by atoms with Crippen molar-refractivity contribution in [2.75, 3.05) is 6.54 Å². The molecule has 4 aromatic rings. The topological polar surface area (TPSA) is 75.6 Å². The first-order valence-corrected chi connectivity index (χ1v) is 8.94. The second-order valence-electron chi connectivity index (χ2n) is 5.69. The first-order valence-electron chi connectivity index (χ1n) is 8.06. The van der Waals surface area contributed by atoms with Crippen molar-refractivity contribution in [3.63, 3.8) is 0 Å². The molecule has 3 heterocycles. The van der Waals surface area contributed by atoms with Crippen LogP contribution < -0.4 is 5.32 Å². The number of hydrogen-bond donors (Lipinski definition) is 2. The summed E-state index contributed by atoms with van der Waals surface area (Å²) in [5, 5.41) is 5.72. The molecule has 1 aromatic carbocycles. The highest BCUT2D eigenvalue weighted by Crippen LogP contribution is 2.15. The monoisotopic (exact) mass is 351 g/mol. The van der Waals surface area contributed by atoms with Crippen LogP contribution in [-0.4, -0.2) is 32.0 Å². The number of benzene rings is 1. The number of para-hydroxylation sites is 2. The van der Waals surface area contributed by atoms with Gasteiger partial charge in [-0.15, -0.1) is 11.3 Å². The van der Waals surface area contributed by atoms with Crippen molar-refractivity contribution >= 4 is 28.3 Å². The molecule has 0 aliphatic carbocycles. The number of aromatic nitrogens is 4. The van der Waals surface area contributed by atoms with Crippen LogP contribution in [0.4, 0.5) is 0 Å². The van der Waals surface area contributed by atoms with Gasteiger partial charge in [0, 0.05) is 30.7 Å². The summed E-state index contributed by atoms with van der Waals surface area (Å²) in [6, 6.07) is 11.8. The van der Waals surface area contributed by atoms with E-state index >= 15 is 0 Å². The van der Waals surface area contributed by atoms with Gasteiger partial charge in [0.25, 0.3) is 0 Å². The molecule has 3 aromatic heterocycles. The normalized spacial score (nSPS) is 11.0. The van der Waals surface area contributed by atoms with Crippen molar-refractivity contribution in [2.24, 2.45) is 0 Å². The minimum absolute atomic E-state index is 0.0273. The summed E-state index contributed by atoms with van der Waals surface area (Å²) < 4.78 is 1.94. The van der Waals surface area contributed by atoms with E-state index in [0.717, 1.165) is 27.7 Å². The smallest absolute Gasteiger partial charge is 0.226 e. The van der Waals surface area contributed by atoms with Gasteiger partial charge in [-0.25, -0.2) is 9.97 Å². The van der Waals surface area contributed by atoms with E-state index in [2.05, 4.69) is 20.3 Å². The summed E-state index contributed by atoms with van der Waals surface area (Å²) in [5.41, 5.74) is 2.75. The van der Waals surface area contributed by atoms with Crippen molar-refractivity contribution in [3.8, 4) is 5.13 Å². The maximum Gasteiger partial charge on any atom is 0.226 e. The molecule has 0 aliphatic rings. The van der Waals surface area contributed by atoms with Gasteiger partial charge >= 0.3 is 0 Å². The second kappa shape index (κ2) is 6.90. The molecule has 0 aliphatic heterocycles. The molecule has 0 bridgehead atoms. The number of amides is 1. The van der Waals surface area contributed by atoms with E-state index in [1.807, 2.05) is 58.7 Å². The predicted molar refractivity (Wildman–Crippen MR) is 98.0 cm³/mol. The number of thiazole rings is 1. The fourth-order valence-electron chi connectivity index (χ4n) is 2.63. The van der Waals surface area contributed by atoms with Crippen LogP contribution in [0, 0.1) is 0 Å². The fraction of sp³-hybridized carbons (Fsp3) is 0.167. The summed E-state index contributed by atoms with van der Waals surface area (Å²) >= 11 is 1.53. The largest absolute Gasteiger partial charge is 0.355 e. The maximum absolute atomic E-state index is 12.1. The maximum atomic E-state index is 12.1. The number of aromatic amines is 1. The molecule has 0 unspecified atom stereocenters. The van der Waals surface area contributed by atoms with Crippen molar-refractivity contribution in [3.05, 3.63) is 65.7 Å². The summed E-state index contributed by atoms with van der Waals surface area (Å²) in [4.78, 5) is 24.3. The molecule has 25 heavy (non-hydrogen) atoms. The van der Waals surface area contributed by atoms with E-state index < -0.39 is 0 Å². The zero-order valence-corrected chi connectivity index (χ0v) is 14.3. The Balaban J connectivity index is 1.29. The van der Waals surface area contributed by atoms with E-state index in [0.29, 0.717) is 13.0 Å². The Hall–Kier alpha value is -2.93. The number of carbonyl (C=O) groups excluding carboxylic acids is 1. The minimum atomic E-state index is -0.0273. The van der Waals surface area contributed by atoms with Crippen LogP contribution in [0.2, 0.25) is 0 Å². The first-order chi connectivity index (χ1) is 12.3. The average molecular weight is 351 g/mol. The molecule has 4 rings (SSSR count). The Kier molecular flexibility index (Phi) is 4.30. The Morgan fingerprint density at radius 2 is 2.00 bits per heavy atom. The van der Waals surface area contributed by atoms with Crippen LogP contribution in [0.3, 0.4) is 0 Å². The third kappa shape index (κ3) is 3.61. The van der Waals surface area contributed by atoms with Gasteiger partial charge in [0.05, 0.1) is 23.1 Å². The SMILES string of the molecule is O=C(Cc1csc(-n2cccc2)n1)NCCc1nc2ccccc2[nH]1. The molecule has 2 N–H and O–H groups in total. The van der Waals surface area contributed by atoms with Gasteiger partial charge in [-0.1, -0.05) is 12.1 Å². The van der Waals surface area contributed by atoms with E-state index in [9.17, 15) is 4.79 Å². The first kappa shape index (κ1) is 15.6. The van der Waals surface area contributed by atoms with Crippen LogP contribution in [0.25, 0.3) is 16.2 Å². The molecule has 0 atom stereocenters. The molecular formula is C18H17N5OS. The lowest BCUT2D eigenvalue weighted by molar-refractivity contribution is -0.120. The van der Waals surface area contributed by atoms with Crippen LogP contribution in [-0.2, 0) is 17.6 Å². The number of carbonyl (C=O) groups is 1. The van der Waals surface area contributed by atoms with Gasteiger partial charge in [0.2, 0.25) is 5.91 Å². The third-order valence-electron chi connectivity index (χ3n) is 3.83. The van der Waals surface area contributed by atoms with Crippen molar-refractivity contribution in [1.82, 2.24) is 24.8 Å². The molecule has 0 radical (unpaired) electrons. The average Bonchev–Trinajstić information content (AvgIpc) is 3.34. The molecule has 6 nitrogen and oxygen atoms in total. The molecule has 7 heteroatoms. The predicted octanol–water partition coefficient (Wildman–Crippen LogP) is 2.71. The van der Waals surface area contributed by atoms with Gasteiger partial charge in [-0.3, -0.25) is 4.79 Å². The van der Waals surface area contributed by atoms with Gasteiger partial charge < -0.3 is 14.9 Å². The Bertz CT molecular complexity index is 953. The van der Waals surface area contributed by atoms with E-state index in [-0.39, 0.29) is 12.3 Å². The number of nitrogens with zero attached hydrogens (tertiary/aromatic N) is 3. The Morgan fingerprint density at radius 1 is 1.16 bits per heavy atom. The second-order valence-corrected chi connectivity index (χ2v) is 6.53. The van der Waals surface area contributed by atoms with Crippen LogP contribution in [0.15, 0.2) is 54.2 Å². The van der Waals surface area contributed by atoms with E-state index in [1.54, 1.807) is 0 Å². The highest BCUT2D eigenvalue weighted by molar-refractivity contribution is 7.12. The number of H-pyrrole nitrogens is 1.